The topological polar surface area (TPSA) is 107 Å². The first kappa shape index (κ1) is 17.5. The van der Waals surface area contributed by atoms with E-state index in [2.05, 4.69) is 16.1 Å². The Morgan fingerprint density at radius 2 is 1.83 bits per heavy atom. The summed E-state index contributed by atoms with van der Waals surface area (Å²) in [6, 6.07) is 0. The maximum Gasteiger partial charge on any atom is 0.513 e. The van der Waals surface area contributed by atoms with E-state index >= 15 is 0 Å². The summed E-state index contributed by atoms with van der Waals surface area (Å²) in [5, 5.41) is 0. The van der Waals surface area contributed by atoms with Crippen LogP contribution in [0.3, 0.4) is 0 Å². The van der Waals surface area contributed by atoms with Crippen molar-refractivity contribution in [3.8, 4) is 0 Å². The largest absolute Gasteiger partial charge is 0.513 e. The number of fused-ring (bicyclic) bond motifs is 2. The highest BCUT2D eigenvalue weighted by Gasteiger charge is 2.54. The molecule has 2 aliphatic heterocycles. The molecule has 2 unspecified atom stereocenters. The van der Waals surface area contributed by atoms with E-state index in [9.17, 15) is 14.4 Å². The predicted octanol–water partition coefficient (Wildman–Crippen LogP) is 1.59. The summed E-state index contributed by atoms with van der Waals surface area (Å²) in [6.07, 6.45) is 0.232. The van der Waals surface area contributed by atoms with Crippen molar-refractivity contribution in [3.05, 3.63) is 35.8 Å². The molecule has 9 heteroatoms. The number of hydrogen-bond acceptors (Lipinski definition) is 9. The van der Waals surface area contributed by atoms with Gasteiger partial charge < -0.3 is 28.4 Å². The highest BCUT2D eigenvalue weighted by molar-refractivity contribution is 5.87. The molecule has 2 aliphatic rings. The van der Waals surface area contributed by atoms with Gasteiger partial charge in [-0.1, -0.05) is 6.58 Å². The smallest absolute Gasteiger partial charge is 0.458 e. The van der Waals surface area contributed by atoms with Crippen LogP contribution in [0.2, 0.25) is 0 Å². The zero-order valence-corrected chi connectivity index (χ0v) is 13.3. The third-order valence-electron chi connectivity index (χ3n) is 3.22. The highest BCUT2D eigenvalue weighted by Crippen LogP contribution is 2.44. The molecule has 0 radical (unpaired) electrons. The van der Waals surface area contributed by atoms with Crippen molar-refractivity contribution in [2.45, 2.75) is 18.6 Å². The van der Waals surface area contributed by atoms with Gasteiger partial charge in [0.25, 0.3) is 0 Å². The van der Waals surface area contributed by atoms with Crippen LogP contribution in [0.5, 0.6) is 0 Å². The van der Waals surface area contributed by atoms with Crippen molar-refractivity contribution in [1.29, 1.82) is 0 Å². The van der Waals surface area contributed by atoms with Gasteiger partial charge in [-0.15, -0.1) is 0 Å². The van der Waals surface area contributed by atoms with Crippen LogP contribution in [0.4, 0.5) is 9.59 Å². The minimum atomic E-state index is -1.41. The molecule has 0 saturated heterocycles. The number of methoxy groups -OCH3 is 2. The van der Waals surface area contributed by atoms with E-state index in [0.29, 0.717) is 0 Å². The summed E-state index contributed by atoms with van der Waals surface area (Å²) in [7, 11) is 2.24. The lowest BCUT2D eigenvalue weighted by atomic mass is 9.99. The highest BCUT2D eigenvalue weighted by atomic mass is 16.8. The lowest BCUT2D eigenvalue weighted by molar-refractivity contribution is -0.145. The molecular formula is C15H16O9. The van der Waals surface area contributed by atoms with Crippen LogP contribution in [-0.2, 0) is 33.2 Å². The van der Waals surface area contributed by atoms with Gasteiger partial charge in [-0.3, -0.25) is 0 Å². The molecule has 0 amide bonds. The minimum Gasteiger partial charge on any atom is -0.458 e. The Labute approximate surface area is 137 Å². The van der Waals surface area contributed by atoms with Crippen LogP contribution < -0.4 is 0 Å². The maximum atomic E-state index is 11.6. The van der Waals surface area contributed by atoms with Crippen LogP contribution in [0.1, 0.15) is 6.92 Å². The van der Waals surface area contributed by atoms with Crippen molar-refractivity contribution in [2.75, 3.05) is 20.8 Å². The third-order valence-corrected chi connectivity index (χ3v) is 3.22. The van der Waals surface area contributed by atoms with E-state index in [1.807, 2.05) is 0 Å². The van der Waals surface area contributed by atoms with Gasteiger partial charge in [-0.25, -0.2) is 14.4 Å². The van der Waals surface area contributed by atoms with Gasteiger partial charge >= 0.3 is 18.3 Å². The van der Waals surface area contributed by atoms with Gasteiger partial charge in [0, 0.05) is 5.57 Å². The van der Waals surface area contributed by atoms with Crippen LogP contribution in [-0.4, -0.2) is 50.8 Å². The molecule has 2 rings (SSSR count). The summed E-state index contributed by atoms with van der Waals surface area (Å²) in [6.45, 7) is 4.64. The van der Waals surface area contributed by atoms with Crippen molar-refractivity contribution in [3.63, 3.8) is 0 Å². The first-order valence-electron chi connectivity index (χ1n) is 6.79. The number of carbonyl (C=O) groups excluding carboxylic acids is 3. The zero-order valence-electron chi connectivity index (χ0n) is 13.3. The van der Waals surface area contributed by atoms with Gasteiger partial charge in [-0.2, -0.15) is 0 Å². The Kier molecular flexibility index (Phi) is 4.93. The van der Waals surface area contributed by atoms with Crippen molar-refractivity contribution in [2.24, 2.45) is 0 Å². The van der Waals surface area contributed by atoms with Gasteiger partial charge in [0.15, 0.2) is 17.1 Å². The Morgan fingerprint density at radius 1 is 1.21 bits per heavy atom. The molecule has 0 aliphatic carbocycles. The van der Waals surface area contributed by atoms with Crippen LogP contribution in [0, 0.1) is 0 Å². The molecule has 0 aromatic rings. The van der Waals surface area contributed by atoms with Gasteiger partial charge in [-0.05, 0) is 19.1 Å². The average Bonchev–Trinajstić information content (AvgIpc) is 3.10. The standard InChI is InChI=1S/C15H16O9/c1-8(2)12(16)21-7-15-6-5-9(24-15)10(22-13(17)19-3)11(15)23-14(18)20-4/h5-6,9H,1,7H2,2-4H3. The maximum absolute atomic E-state index is 11.6. The molecule has 2 atom stereocenters. The fourth-order valence-electron chi connectivity index (χ4n) is 2.10. The molecular weight excluding hydrogens is 324 g/mol. The number of ether oxygens (including phenoxy) is 6. The molecule has 0 N–H and O–H groups in total. The summed E-state index contributed by atoms with van der Waals surface area (Å²) in [5.74, 6) is -0.882. The first-order chi connectivity index (χ1) is 11.3. The molecule has 0 aromatic heterocycles. The summed E-state index contributed by atoms with van der Waals surface area (Å²) in [4.78, 5) is 34.5. The van der Waals surface area contributed by atoms with Crippen LogP contribution in [0.25, 0.3) is 0 Å². The minimum absolute atomic E-state index is 0.0823. The SMILES string of the molecule is C=C(C)C(=O)OCC12C=CC(O1)C(OC(=O)OC)=C2OC(=O)OC. The zero-order chi connectivity index (χ0) is 17.9. The lowest BCUT2D eigenvalue weighted by Crippen LogP contribution is -2.36. The molecule has 0 aromatic carbocycles. The van der Waals surface area contributed by atoms with E-state index < -0.39 is 30.0 Å². The molecule has 0 fully saturated rings. The second-order valence-corrected chi connectivity index (χ2v) is 4.95. The quantitative estimate of drug-likeness (QED) is 0.319. The number of hydrogen-bond donors (Lipinski definition) is 0. The number of esters is 1. The van der Waals surface area contributed by atoms with Crippen molar-refractivity contribution >= 4 is 18.3 Å². The lowest BCUT2D eigenvalue weighted by Gasteiger charge is -2.24. The van der Waals surface area contributed by atoms with E-state index in [-0.39, 0.29) is 23.7 Å². The molecule has 0 spiro atoms. The predicted molar refractivity (Wildman–Crippen MR) is 76.5 cm³/mol. The molecule has 130 valence electrons. The molecule has 0 saturated carbocycles. The normalized spacial score (nSPS) is 23.7. The van der Waals surface area contributed by atoms with Gasteiger partial charge in [0.1, 0.15) is 12.7 Å². The van der Waals surface area contributed by atoms with Gasteiger partial charge in [0.05, 0.1) is 14.2 Å². The number of rotatable bonds is 5. The van der Waals surface area contributed by atoms with E-state index in [1.165, 1.54) is 13.0 Å². The Balaban J connectivity index is 2.28. The summed E-state index contributed by atoms with van der Waals surface area (Å²) < 4.78 is 29.6. The Morgan fingerprint density at radius 3 is 2.42 bits per heavy atom. The van der Waals surface area contributed by atoms with Crippen LogP contribution >= 0.6 is 0 Å². The fourth-order valence-corrected chi connectivity index (χ4v) is 2.10. The molecule has 24 heavy (non-hydrogen) atoms. The second-order valence-electron chi connectivity index (χ2n) is 4.95. The Bertz CT molecular complexity index is 645. The molecule has 2 bridgehead atoms. The average molecular weight is 340 g/mol. The van der Waals surface area contributed by atoms with E-state index in [4.69, 9.17) is 18.9 Å². The Hall–Kier alpha value is -2.81. The van der Waals surface area contributed by atoms with Gasteiger partial charge in [0.2, 0.25) is 0 Å². The number of carbonyl (C=O) groups is 3. The fraction of sp³-hybridized carbons (Fsp3) is 0.400. The van der Waals surface area contributed by atoms with Crippen LogP contribution in [0.15, 0.2) is 35.8 Å². The van der Waals surface area contributed by atoms with Crippen molar-refractivity contribution in [1.82, 2.24) is 0 Å². The summed E-state index contributed by atoms with van der Waals surface area (Å²) in [5.41, 5.74) is -1.22. The molecule has 9 nitrogen and oxygen atoms in total. The monoisotopic (exact) mass is 340 g/mol. The van der Waals surface area contributed by atoms with E-state index in [0.717, 1.165) is 14.2 Å². The first-order valence-corrected chi connectivity index (χ1v) is 6.79. The molecule has 2 heterocycles. The summed E-state index contributed by atoms with van der Waals surface area (Å²) >= 11 is 0. The van der Waals surface area contributed by atoms with Crippen molar-refractivity contribution < 1.29 is 42.8 Å². The van der Waals surface area contributed by atoms with E-state index in [1.54, 1.807) is 6.08 Å². The third kappa shape index (κ3) is 3.25. The second kappa shape index (κ2) is 6.75.